The molecule has 0 unspecified atom stereocenters. The molecule has 2 atom stereocenters. The Morgan fingerprint density at radius 3 is 2.73 bits per heavy atom. The zero-order valence-corrected chi connectivity index (χ0v) is 19.4. The van der Waals surface area contributed by atoms with Crippen LogP contribution in [-0.2, 0) is 22.6 Å². The average Bonchev–Trinajstić information content (AvgIpc) is 3.19. The topological polar surface area (TPSA) is 94.3 Å². The number of carbonyl (C=O) groups is 1. The van der Waals surface area contributed by atoms with E-state index in [2.05, 4.69) is 5.16 Å². The van der Waals surface area contributed by atoms with E-state index in [4.69, 9.17) is 18.7 Å². The average molecular weight is 457 g/mol. The zero-order chi connectivity index (χ0) is 23.7. The summed E-state index contributed by atoms with van der Waals surface area (Å²) in [5, 5.41) is 14.8. The van der Waals surface area contributed by atoms with Crippen molar-refractivity contribution in [3.8, 4) is 5.88 Å². The van der Waals surface area contributed by atoms with Gasteiger partial charge in [0.2, 0.25) is 5.78 Å². The Balaban J connectivity index is 1.84. The van der Waals surface area contributed by atoms with Crippen LogP contribution in [0.15, 0.2) is 59.2 Å². The summed E-state index contributed by atoms with van der Waals surface area (Å²) in [5.74, 6) is -0.0445. The third-order valence-electron chi connectivity index (χ3n) is 5.19. The number of rotatable bonds is 13. The van der Waals surface area contributed by atoms with Crippen molar-refractivity contribution in [3.05, 3.63) is 71.5 Å². The lowest BCUT2D eigenvalue weighted by Gasteiger charge is -2.33. The second kappa shape index (κ2) is 11.9. The Labute approximate surface area is 194 Å². The van der Waals surface area contributed by atoms with Crippen LogP contribution in [0.3, 0.4) is 0 Å². The number of benzene rings is 1. The van der Waals surface area contributed by atoms with Gasteiger partial charge >= 0.3 is 0 Å². The quantitative estimate of drug-likeness (QED) is 0.278. The van der Waals surface area contributed by atoms with Gasteiger partial charge in [0.15, 0.2) is 11.4 Å². The van der Waals surface area contributed by atoms with Gasteiger partial charge in [-0.15, -0.1) is 0 Å². The van der Waals surface area contributed by atoms with E-state index in [1.807, 2.05) is 56.3 Å². The van der Waals surface area contributed by atoms with Crippen molar-refractivity contribution in [3.63, 3.8) is 0 Å². The lowest BCUT2D eigenvalue weighted by Crippen LogP contribution is -2.51. The molecule has 0 saturated carbocycles. The molecule has 0 aliphatic heterocycles. The Kier molecular flexibility index (Phi) is 8.96. The highest BCUT2D eigenvalue weighted by molar-refractivity contribution is 6.07. The molecule has 1 aliphatic carbocycles. The molecule has 1 aromatic heterocycles. The number of unbranched alkanes of at least 4 members (excludes halogenated alkanes) is 1. The Morgan fingerprint density at radius 1 is 1.24 bits per heavy atom. The normalized spacial score (nSPS) is 19.8. The molecule has 0 saturated heterocycles. The van der Waals surface area contributed by atoms with E-state index in [1.165, 1.54) is 12.2 Å². The molecule has 1 aliphatic rings. The molecule has 1 aromatic carbocycles. The van der Waals surface area contributed by atoms with Crippen molar-refractivity contribution in [1.29, 1.82) is 0 Å². The summed E-state index contributed by atoms with van der Waals surface area (Å²) in [7, 11) is 3.71. The van der Waals surface area contributed by atoms with Crippen LogP contribution >= 0.6 is 0 Å². The van der Waals surface area contributed by atoms with Gasteiger partial charge in [-0.1, -0.05) is 61.9 Å². The van der Waals surface area contributed by atoms with E-state index < -0.39 is 17.5 Å². The molecule has 0 spiro atoms. The molecular formula is C25H32N2O6. The largest absolute Gasteiger partial charge is 0.475 e. The summed E-state index contributed by atoms with van der Waals surface area (Å²) in [4.78, 5) is 15.7. The van der Waals surface area contributed by atoms with Crippen molar-refractivity contribution in [2.24, 2.45) is 0 Å². The minimum atomic E-state index is -1.69. The molecule has 3 rings (SSSR count). The van der Waals surface area contributed by atoms with E-state index in [9.17, 15) is 9.90 Å². The number of aliphatic hydroxyl groups excluding tert-OH is 1. The van der Waals surface area contributed by atoms with Crippen LogP contribution in [0.2, 0.25) is 0 Å². The van der Waals surface area contributed by atoms with Gasteiger partial charge in [0.05, 0.1) is 19.8 Å². The number of aliphatic hydroxyl groups is 1. The first-order valence-electron chi connectivity index (χ1n) is 11.1. The predicted octanol–water partition coefficient (Wildman–Crippen LogP) is 3.51. The molecule has 1 N–H and O–H groups in total. The minimum absolute atomic E-state index is 0.105. The number of Topliss-reactive ketones (excluding diaryl/α,β-unsaturated/α-hetero) is 1. The highest BCUT2D eigenvalue weighted by Crippen LogP contribution is 2.34. The van der Waals surface area contributed by atoms with Crippen molar-refractivity contribution >= 4 is 5.78 Å². The number of carbonyl (C=O) groups excluding carboxylic acids is 1. The predicted molar refractivity (Wildman–Crippen MR) is 123 cm³/mol. The van der Waals surface area contributed by atoms with Gasteiger partial charge < -0.3 is 28.7 Å². The number of aromatic nitrogens is 1. The fraction of sp³-hybridized carbons (Fsp3) is 0.440. The van der Waals surface area contributed by atoms with Crippen LogP contribution in [0.1, 0.15) is 41.4 Å². The van der Waals surface area contributed by atoms with Crippen LogP contribution in [-0.4, -0.2) is 60.1 Å². The molecule has 1 heterocycles. The number of allylic oxidation sites excluding steroid dienone is 2. The Morgan fingerprint density at radius 2 is 2.03 bits per heavy atom. The van der Waals surface area contributed by atoms with Gasteiger partial charge in [0.1, 0.15) is 18.5 Å². The maximum atomic E-state index is 13.9. The van der Waals surface area contributed by atoms with Crippen LogP contribution in [0.5, 0.6) is 5.88 Å². The number of hydrogen-bond acceptors (Lipinski definition) is 8. The summed E-state index contributed by atoms with van der Waals surface area (Å²) < 4.78 is 22.8. The molecule has 33 heavy (non-hydrogen) atoms. The van der Waals surface area contributed by atoms with Crippen LogP contribution in [0.25, 0.3) is 0 Å². The molecule has 0 bridgehead atoms. The summed E-state index contributed by atoms with van der Waals surface area (Å²) in [6.45, 7) is 2.89. The summed E-state index contributed by atoms with van der Waals surface area (Å²) in [6.07, 6.45) is 6.89. The van der Waals surface area contributed by atoms with Crippen LogP contribution in [0, 0.1) is 0 Å². The minimum Gasteiger partial charge on any atom is -0.475 e. The lowest BCUT2D eigenvalue weighted by atomic mass is 9.84. The second-order valence-electron chi connectivity index (χ2n) is 8.13. The summed E-state index contributed by atoms with van der Waals surface area (Å²) >= 11 is 0. The van der Waals surface area contributed by atoms with Gasteiger partial charge in [-0.3, -0.25) is 4.79 Å². The molecule has 8 heteroatoms. The van der Waals surface area contributed by atoms with Gasteiger partial charge in [-0.25, -0.2) is 0 Å². The monoisotopic (exact) mass is 456 g/mol. The van der Waals surface area contributed by atoms with Crippen LogP contribution < -0.4 is 4.74 Å². The van der Waals surface area contributed by atoms with Gasteiger partial charge in [-0.2, -0.15) is 0 Å². The third-order valence-corrected chi connectivity index (χ3v) is 5.19. The van der Waals surface area contributed by atoms with E-state index in [0.717, 1.165) is 18.4 Å². The number of ketones is 1. The van der Waals surface area contributed by atoms with Gasteiger partial charge in [-0.05, 0) is 37.3 Å². The molecule has 0 fully saturated rings. The fourth-order valence-electron chi connectivity index (χ4n) is 3.42. The number of ether oxygens (including phenoxy) is 3. The molecule has 2 aromatic rings. The molecular weight excluding hydrogens is 424 g/mol. The van der Waals surface area contributed by atoms with Crippen molar-refractivity contribution in [2.75, 3.05) is 27.5 Å². The van der Waals surface area contributed by atoms with Gasteiger partial charge in [0, 0.05) is 0 Å². The van der Waals surface area contributed by atoms with E-state index in [0.29, 0.717) is 25.5 Å². The smallest absolute Gasteiger partial charge is 0.265 e. The van der Waals surface area contributed by atoms with E-state index in [-0.39, 0.29) is 18.2 Å². The fourth-order valence-corrected chi connectivity index (χ4v) is 3.42. The summed E-state index contributed by atoms with van der Waals surface area (Å²) in [6, 6.07) is 9.63. The first-order valence-corrected chi connectivity index (χ1v) is 11.1. The summed E-state index contributed by atoms with van der Waals surface area (Å²) in [5.41, 5.74) is -0.553. The molecule has 0 radical (unpaired) electrons. The maximum absolute atomic E-state index is 13.9. The van der Waals surface area contributed by atoms with Crippen molar-refractivity contribution < 1.29 is 28.6 Å². The third kappa shape index (κ3) is 6.17. The van der Waals surface area contributed by atoms with E-state index >= 15 is 0 Å². The Bertz CT molecular complexity index is 953. The maximum Gasteiger partial charge on any atom is 0.265 e. The first kappa shape index (κ1) is 24.9. The van der Waals surface area contributed by atoms with Gasteiger partial charge in [0.25, 0.3) is 5.88 Å². The SMILES string of the molecule is CCCCOc1noc(CN(C)C)c1C(=O)[C@]1(OCOCc2ccccc2)C=CC=C[C@H]1O. The molecule has 178 valence electrons. The van der Waals surface area contributed by atoms with Crippen LogP contribution in [0.4, 0.5) is 0 Å². The second-order valence-corrected chi connectivity index (χ2v) is 8.13. The standard InChI is InChI=1S/C25H32N2O6/c1-4-5-15-31-24-22(20(33-26-24)16-27(2)3)23(29)25(14-10-9-13-21(25)28)32-18-30-17-19-11-7-6-8-12-19/h6-14,21,28H,4-5,15-18H2,1-3H3/t21-,25+/m1/s1. The highest BCUT2D eigenvalue weighted by atomic mass is 16.7. The molecule has 8 nitrogen and oxygen atoms in total. The van der Waals surface area contributed by atoms with E-state index in [1.54, 1.807) is 12.2 Å². The lowest BCUT2D eigenvalue weighted by molar-refractivity contribution is -0.138. The first-order chi connectivity index (χ1) is 16.0. The van der Waals surface area contributed by atoms with Crippen molar-refractivity contribution in [1.82, 2.24) is 10.1 Å². The zero-order valence-electron chi connectivity index (χ0n) is 19.4. The number of nitrogens with zero attached hydrogens (tertiary/aromatic N) is 2. The molecule has 0 amide bonds. The number of hydrogen-bond donors (Lipinski definition) is 1. The Hall–Kier alpha value is -2.78. The highest BCUT2D eigenvalue weighted by Gasteiger charge is 2.48. The van der Waals surface area contributed by atoms with Crippen molar-refractivity contribution in [2.45, 2.75) is 44.6 Å².